The van der Waals surface area contributed by atoms with E-state index in [2.05, 4.69) is 0 Å². The zero-order valence-electron chi connectivity index (χ0n) is 18.6. The van der Waals surface area contributed by atoms with Gasteiger partial charge in [0.05, 0.1) is 12.7 Å². The van der Waals surface area contributed by atoms with E-state index in [1.54, 1.807) is 54.5 Å². The number of Topliss-reactive ketones (excluding diaryl/α,β-unsaturated/α-hetero) is 1. The zero-order valence-corrected chi connectivity index (χ0v) is 18.6. The predicted octanol–water partition coefficient (Wildman–Crippen LogP) is 5.73. The Labute approximate surface area is 198 Å². The van der Waals surface area contributed by atoms with Crippen LogP contribution in [0.15, 0.2) is 109 Å². The van der Waals surface area contributed by atoms with Gasteiger partial charge in [0, 0.05) is 11.3 Å². The third-order valence-electron chi connectivity index (χ3n) is 5.96. The second-order valence-electron chi connectivity index (χ2n) is 7.99. The second kappa shape index (κ2) is 9.24. The third-order valence-corrected chi connectivity index (χ3v) is 5.96. The van der Waals surface area contributed by atoms with Crippen molar-refractivity contribution in [2.45, 2.75) is 12.1 Å². The Morgan fingerprint density at radius 1 is 0.794 bits per heavy atom. The second-order valence-corrected chi connectivity index (χ2v) is 7.99. The van der Waals surface area contributed by atoms with Crippen LogP contribution >= 0.6 is 0 Å². The molecule has 4 aromatic carbocycles. The van der Waals surface area contributed by atoms with Crippen LogP contribution in [-0.2, 0) is 0 Å². The summed E-state index contributed by atoms with van der Waals surface area (Å²) < 4.78 is 11.6. The number of amides is 1. The third kappa shape index (κ3) is 3.92. The highest BCUT2D eigenvalue weighted by Gasteiger charge is 2.44. The Balaban J connectivity index is 1.67. The van der Waals surface area contributed by atoms with Crippen LogP contribution in [0.1, 0.15) is 32.4 Å². The van der Waals surface area contributed by atoms with Crippen molar-refractivity contribution in [3.05, 3.63) is 126 Å². The van der Waals surface area contributed by atoms with Gasteiger partial charge < -0.3 is 9.47 Å². The lowest BCUT2D eigenvalue weighted by atomic mass is 9.89. The monoisotopic (exact) mass is 449 g/mol. The number of para-hydroxylation sites is 2. The Bertz CT molecular complexity index is 1300. The number of anilines is 1. The molecule has 5 nitrogen and oxygen atoms in total. The van der Waals surface area contributed by atoms with Gasteiger partial charge in [0.2, 0.25) is 0 Å². The summed E-state index contributed by atoms with van der Waals surface area (Å²) in [5.74, 6) is 0.705. The van der Waals surface area contributed by atoms with Gasteiger partial charge in [0.1, 0.15) is 17.5 Å². The van der Waals surface area contributed by atoms with Crippen molar-refractivity contribution in [3.8, 4) is 11.5 Å². The minimum atomic E-state index is -0.894. The first-order valence-corrected chi connectivity index (χ1v) is 11.0. The average Bonchev–Trinajstić information content (AvgIpc) is 2.91. The van der Waals surface area contributed by atoms with Crippen LogP contribution in [0.5, 0.6) is 11.5 Å². The molecule has 1 aliphatic rings. The lowest BCUT2D eigenvalue weighted by Crippen LogP contribution is -2.52. The van der Waals surface area contributed by atoms with E-state index >= 15 is 0 Å². The highest BCUT2D eigenvalue weighted by molar-refractivity contribution is 6.14. The van der Waals surface area contributed by atoms with Gasteiger partial charge in [-0.2, -0.15) is 0 Å². The Hall–Kier alpha value is -4.38. The molecule has 4 aromatic rings. The first kappa shape index (κ1) is 21.5. The minimum absolute atomic E-state index is 0.165. The molecule has 0 fully saturated rings. The van der Waals surface area contributed by atoms with E-state index in [4.69, 9.17) is 9.47 Å². The summed E-state index contributed by atoms with van der Waals surface area (Å²) in [5.41, 5.74) is 2.34. The number of fused-ring (bicyclic) bond motifs is 1. The molecule has 0 aliphatic carbocycles. The van der Waals surface area contributed by atoms with E-state index in [0.29, 0.717) is 28.3 Å². The van der Waals surface area contributed by atoms with Gasteiger partial charge in [-0.3, -0.25) is 14.5 Å². The van der Waals surface area contributed by atoms with E-state index in [9.17, 15) is 9.59 Å². The predicted molar refractivity (Wildman–Crippen MR) is 131 cm³/mol. The number of carbonyl (C=O) groups is 2. The van der Waals surface area contributed by atoms with Gasteiger partial charge in [-0.1, -0.05) is 60.7 Å². The number of ketones is 1. The van der Waals surface area contributed by atoms with Gasteiger partial charge in [-0.15, -0.1) is 0 Å². The molecule has 1 aliphatic heterocycles. The maximum absolute atomic E-state index is 14.0. The number of methoxy groups -OCH3 is 1. The van der Waals surface area contributed by atoms with E-state index < -0.39 is 12.1 Å². The molecule has 2 atom stereocenters. The molecule has 1 amide bonds. The lowest BCUT2D eigenvalue weighted by molar-refractivity contribution is 0.0730. The molecular formula is C29H23NO4. The maximum atomic E-state index is 14.0. The summed E-state index contributed by atoms with van der Waals surface area (Å²) in [5, 5.41) is 0. The van der Waals surface area contributed by atoms with Gasteiger partial charge in [-0.05, 0) is 54.1 Å². The standard InChI is InChI=1S/C29H23NO4/c1-33-23-18-16-21(17-19-23)29(32)30(22-12-6-3-7-13-22)26-27(31)24-14-8-9-15-25(24)34-28(26)20-10-4-2-5-11-20/h2-19,26,28H,1H3. The number of hydrogen-bond donors (Lipinski definition) is 0. The summed E-state index contributed by atoms with van der Waals surface area (Å²) in [6.07, 6.45) is -0.675. The SMILES string of the molecule is COc1ccc(C(=O)N(c2ccccc2)C2C(=O)c3ccccc3OC2c2ccccc2)cc1. The van der Waals surface area contributed by atoms with Crippen LogP contribution in [0.25, 0.3) is 0 Å². The topological polar surface area (TPSA) is 55.8 Å². The number of rotatable bonds is 5. The highest BCUT2D eigenvalue weighted by Crippen LogP contribution is 2.39. The van der Waals surface area contributed by atoms with Crippen LogP contribution in [-0.4, -0.2) is 24.8 Å². The van der Waals surface area contributed by atoms with E-state index in [-0.39, 0.29) is 11.7 Å². The van der Waals surface area contributed by atoms with Crippen molar-refractivity contribution in [3.63, 3.8) is 0 Å². The van der Waals surface area contributed by atoms with Crippen molar-refractivity contribution in [1.29, 1.82) is 0 Å². The average molecular weight is 450 g/mol. The first-order valence-electron chi connectivity index (χ1n) is 11.0. The molecule has 0 aromatic heterocycles. The van der Waals surface area contributed by atoms with Crippen molar-refractivity contribution in [1.82, 2.24) is 0 Å². The Morgan fingerprint density at radius 3 is 2.09 bits per heavy atom. The van der Waals surface area contributed by atoms with E-state index in [0.717, 1.165) is 5.56 Å². The van der Waals surface area contributed by atoms with E-state index in [1.807, 2.05) is 66.7 Å². The molecule has 168 valence electrons. The molecule has 0 radical (unpaired) electrons. The van der Waals surface area contributed by atoms with Crippen molar-refractivity contribution < 1.29 is 19.1 Å². The fourth-order valence-electron chi connectivity index (χ4n) is 4.28. The molecule has 1 heterocycles. The quantitative estimate of drug-likeness (QED) is 0.391. The van der Waals surface area contributed by atoms with Gasteiger partial charge in [0.25, 0.3) is 5.91 Å². The van der Waals surface area contributed by atoms with Crippen LogP contribution in [0.4, 0.5) is 5.69 Å². The Morgan fingerprint density at radius 2 is 1.41 bits per heavy atom. The van der Waals surface area contributed by atoms with Crippen molar-refractivity contribution in [2.75, 3.05) is 12.0 Å². The van der Waals surface area contributed by atoms with Gasteiger partial charge >= 0.3 is 0 Å². The molecule has 5 heteroatoms. The fraction of sp³-hybridized carbons (Fsp3) is 0.103. The van der Waals surface area contributed by atoms with Crippen molar-refractivity contribution >= 4 is 17.4 Å². The normalized spacial score (nSPS) is 16.8. The first-order chi connectivity index (χ1) is 16.7. The molecule has 0 saturated heterocycles. The largest absolute Gasteiger partial charge is 0.497 e. The molecule has 2 unspecified atom stereocenters. The van der Waals surface area contributed by atoms with Crippen LogP contribution in [0.3, 0.4) is 0 Å². The van der Waals surface area contributed by atoms with Gasteiger partial charge in [0.15, 0.2) is 11.9 Å². The summed E-state index contributed by atoms with van der Waals surface area (Å²) in [4.78, 5) is 29.5. The fourth-order valence-corrected chi connectivity index (χ4v) is 4.28. The minimum Gasteiger partial charge on any atom is -0.497 e. The van der Waals surface area contributed by atoms with Gasteiger partial charge in [-0.25, -0.2) is 0 Å². The zero-order chi connectivity index (χ0) is 23.5. The van der Waals surface area contributed by atoms with E-state index in [1.165, 1.54) is 0 Å². The molecule has 5 rings (SSSR count). The maximum Gasteiger partial charge on any atom is 0.259 e. The van der Waals surface area contributed by atoms with Crippen LogP contribution in [0, 0.1) is 0 Å². The highest BCUT2D eigenvalue weighted by atomic mass is 16.5. The lowest BCUT2D eigenvalue weighted by Gasteiger charge is -2.39. The number of nitrogens with zero attached hydrogens (tertiary/aromatic N) is 1. The summed E-state index contributed by atoms with van der Waals surface area (Å²) in [6.45, 7) is 0. The van der Waals surface area contributed by atoms with Crippen LogP contribution in [0.2, 0.25) is 0 Å². The number of ether oxygens (including phenoxy) is 2. The smallest absolute Gasteiger partial charge is 0.259 e. The summed E-state index contributed by atoms with van der Waals surface area (Å²) in [6, 6.07) is 32.0. The number of benzene rings is 4. The molecule has 0 spiro atoms. The summed E-state index contributed by atoms with van der Waals surface area (Å²) >= 11 is 0. The molecule has 0 saturated carbocycles. The molecule has 0 N–H and O–H groups in total. The number of carbonyl (C=O) groups excluding carboxylic acids is 2. The number of hydrogen-bond acceptors (Lipinski definition) is 4. The summed E-state index contributed by atoms with van der Waals surface area (Å²) in [7, 11) is 1.58. The van der Waals surface area contributed by atoms with Crippen LogP contribution < -0.4 is 14.4 Å². The molecule has 34 heavy (non-hydrogen) atoms. The molecule has 0 bridgehead atoms. The Kier molecular flexibility index (Phi) is 5.83. The van der Waals surface area contributed by atoms with Crippen molar-refractivity contribution in [2.24, 2.45) is 0 Å². The molecular weight excluding hydrogens is 426 g/mol.